The summed E-state index contributed by atoms with van der Waals surface area (Å²) in [5.74, 6) is 0.0344. The summed E-state index contributed by atoms with van der Waals surface area (Å²) >= 11 is 0. The number of aliphatic carboxylic acids is 1. The highest BCUT2D eigenvalue weighted by Gasteiger charge is 2.46. The molecule has 10 heteroatoms. The fraction of sp³-hybridized carbons (Fsp3) is 0.677. The number of hydrogen-bond acceptors (Lipinski definition) is 9. The first-order valence-electron chi connectivity index (χ1n) is 15.0. The molecule has 9 atom stereocenters. The van der Waals surface area contributed by atoms with Crippen LogP contribution in [0.3, 0.4) is 0 Å². The third-order valence-electron chi connectivity index (χ3n) is 8.99. The van der Waals surface area contributed by atoms with Gasteiger partial charge in [0.25, 0.3) is 0 Å². The molecule has 4 aliphatic rings. The summed E-state index contributed by atoms with van der Waals surface area (Å²) in [6.45, 7) is 5.94. The molecule has 5 rings (SSSR count). The van der Waals surface area contributed by atoms with E-state index < -0.39 is 24.3 Å². The second-order valence-corrected chi connectivity index (χ2v) is 11.6. The van der Waals surface area contributed by atoms with Crippen molar-refractivity contribution < 1.29 is 34.1 Å². The normalized spacial score (nSPS) is 31.0. The topological polar surface area (TPSA) is 154 Å². The molecule has 1 aromatic carbocycles. The van der Waals surface area contributed by atoms with Gasteiger partial charge < -0.3 is 25.1 Å². The number of Topliss-reactive ketones (excluding diaryl/α,β-unsaturated/α-hetero) is 1. The summed E-state index contributed by atoms with van der Waals surface area (Å²) in [6.07, 6.45) is 7.85. The molecule has 2 saturated carbocycles. The Kier molecular flexibility index (Phi) is 12.9. The van der Waals surface area contributed by atoms with Gasteiger partial charge in [0, 0.05) is 18.0 Å². The third kappa shape index (κ3) is 8.91. The summed E-state index contributed by atoms with van der Waals surface area (Å²) in [4.78, 5) is 44.0. The fourth-order valence-electron chi connectivity index (χ4n) is 7.01. The number of ketones is 1. The van der Waals surface area contributed by atoms with E-state index in [4.69, 9.17) is 14.6 Å². The van der Waals surface area contributed by atoms with E-state index in [0.29, 0.717) is 30.9 Å². The molecule has 2 aliphatic carbocycles. The average molecular weight is 574 g/mol. The highest BCUT2D eigenvalue weighted by Crippen LogP contribution is 2.39. The minimum atomic E-state index is -0.681. The Balaban J connectivity index is 0.000000294. The van der Waals surface area contributed by atoms with Gasteiger partial charge in [-0.2, -0.15) is 0 Å². The van der Waals surface area contributed by atoms with E-state index in [1.54, 1.807) is 6.92 Å². The summed E-state index contributed by atoms with van der Waals surface area (Å²) in [5.41, 5.74) is 1.15. The zero-order valence-electron chi connectivity index (χ0n) is 24.3. The largest absolute Gasteiger partial charge is 0.480 e. The van der Waals surface area contributed by atoms with Crippen LogP contribution in [0.15, 0.2) is 30.3 Å². The number of hydrogen-bond donors (Lipinski definition) is 5. The Labute approximate surface area is 243 Å². The monoisotopic (exact) mass is 573 g/mol. The van der Waals surface area contributed by atoms with E-state index in [2.05, 4.69) is 16.0 Å². The van der Waals surface area contributed by atoms with Crippen molar-refractivity contribution in [1.29, 1.82) is 0 Å². The van der Waals surface area contributed by atoms with Crippen LogP contribution in [0, 0.1) is 17.8 Å². The van der Waals surface area contributed by atoms with Gasteiger partial charge in [0.2, 0.25) is 0 Å². The van der Waals surface area contributed by atoms with Gasteiger partial charge >= 0.3 is 11.9 Å². The van der Waals surface area contributed by atoms with E-state index >= 15 is 0 Å². The molecule has 10 nitrogen and oxygen atoms in total. The number of carboxylic acid groups (broad SMARTS) is 1. The van der Waals surface area contributed by atoms with Crippen molar-refractivity contribution in [3.05, 3.63) is 35.9 Å². The van der Waals surface area contributed by atoms with Gasteiger partial charge in [0.1, 0.15) is 25.1 Å². The van der Waals surface area contributed by atoms with Crippen molar-refractivity contribution in [3.8, 4) is 0 Å². The summed E-state index contributed by atoms with van der Waals surface area (Å²) < 4.78 is 5.22. The molecule has 2 saturated heterocycles. The minimum absolute atomic E-state index is 0.0529. The number of aliphatic hydroxyl groups excluding tert-OH is 1. The van der Waals surface area contributed by atoms with Gasteiger partial charge in [-0.25, -0.2) is 0 Å². The Morgan fingerprint density at radius 2 is 1.78 bits per heavy atom. The molecule has 1 aromatic rings. The standard InChI is InChI=1S/C22H32N2O4.C8H13NO2.CH2O/c1-3-28-22(27)18(12-9-15-7-5-4-6-8-15)23-14(2)21(26)17-11-10-16-13-19(25)24-20(16)17;10-8(11)7-4-5-2-1-3-6(5)9-7;1-2/h4-8,14,16-20,23-25H,3,9-13H2,1-2H3;5-7,9H,1-4H2,(H,10,11);1H2/t14-,16-,17?,18-,19-,20+;5-,6-,7+;/m00./s1. The van der Waals surface area contributed by atoms with Crippen LogP contribution in [0.5, 0.6) is 0 Å². The van der Waals surface area contributed by atoms with Crippen LogP contribution in [0.25, 0.3) is 0 Å². The first-order valence-corrected chi connectivity index (χ1v) is 15.0. The van der Waals surface area contributed by atoms with Crippen molar-refractivity contribution in [2.75, 3.05) is 6.61 Å². The van der Waals surface area contributed by atoms with E-state index in [1.807, 2.05) is 44.0 Å². The SMILES string of the molecule is C=O.CCOC(=O)[C@H](CCc1ccccc1)N[C@@H](C)C(=O)C1CC[C@H]2C[C@H](O)N[C@@H]12.O=C(O)[C@H]1C[C@@H]2CCC[C@@H]2N1. The first-order chi connectivity index (χ1) is 19.8. The van der Waals surface area contributed by atoms with Crippen LogP contribution < -0.4 is 16.0 Å². The van der Waals surface area contributed by atoms with Gasteiger partial charge in [-0.15, -0.1) is 0 Å². The molecule has 0 radical (unpaired) electrons. The molecule has 0 spiro atoms. The number of fused-ring (bicyclic) bond motifs is 2. The second kappa shape index (κ2) is 16.1. The molecule has 1 unspecified atom stereocenters. The van der Waals surface area contributed by atoms with Crippen LogP contribution in [0.4, 0.5) is 0 Å². The molecule has 228 valence electrons. The van der Waals surface area contributed by atoms with Crippen molar-refractivity contribution in [2.45, 2.75) is 108 Å². The van der Waals surface area contributed by atoms with Crippen molar-refractivity contribution in [2.24, 2.45) is 17.8 Å². The Morgan fingerprint density at radius 3 is 2.44 bits per heavy atom. The van der Waals surface area contributed by atoms with Gasteiger partial charge in [0.05, 0.1) is 12.6 Å². The highest BCUT2D eigenvalue weighted by atomic mass is 16.5. The molecule has 0 amide bonds. The molecule has 41 heavy (non-hydrogen) atoms. The molecule has 4 fully saturated rings. The third-order valence-corrected chi connectivity index (χ3v) is 8.99. The number of aryl methyl sites for hydroxylation is 1. The van der Waals surface area contributed by atoms with Crippen molar-refractivity contribution in [3.63, 3.8) is 0 Å². The number of benzene rings is 1. The molecule has 5 N–H and O–H groups in total. The maximum Gasteiger partial charge on any atom is 0.323 e. The number of aliphatic hydroxyl groups is 1. The zero-order chi connectivity index (χ0) is 29.9. The van der Waals surface area contributed by atoms with Gasteiger partial charge in [0.15, 0.2) is 5.78 Å². The number of nitrogens with one attached hydrogen (secondary N) is 3. The van der Waals surface area contributed by atoms with Crippen LogP contribution in [-0.4, -0.2) is 77.8 Å². The van der Waals surface area contributed by atoms with Crippen LogP contribution in [-0.2, 0) is 30.3 Å². The predicted octanol–water partition coefficient (Wildman–Crippen LogP) is 2.22. The van der Waals surface area contributed by atoms with Crippen LogP contribution in [0.2, 0.25) is 0 Å². The molecule has 0 aromatic heterocycles. The van der Waals surface area contributed by atoms with Crippen LogP contribution >= 0.6 is 0 Å². The lowest BCUT2D eigenvalue weighted by Crippen LogP contribution is -2.50. The van der Waals surface area contributed by atoms with E-state index in [0.717, 1.165) is 37.7 Å². The Bertz CT molecular complexity index is 981. The maximum atomic E-state index is 13.0. The van der Waals surface area contributed by atoms with Gasteiger partial charge in [-0.3, -0.25) is 25.0 Å². The van der Waals surface area contributed by atoms with E-state index in [-0.39, 0.29) is 29.8 Å². The summed E-state index contributed by atoms with van der Waals surface area (Å²) in [6, 6.07) is 9.35. The van der Waals surface area contributed by atoms with Crippen LogP contribution in [0.1, 0.15) is 70.8 Å². The summed E-state index contributed by atoms with van der Waals surface area (Å²) in [7, 11) is 0. The van der Waals surface area contributed by atoms with E-state index in [1.165, 1.54) is 19.3 Å². The van der Waals surface area contributed by atoms with E-state index in [9.17, 15) is 19.5 Å². The number of carboxylic acids is 1. The molecular weight excluding hydrogens is 526 g/mol. The highest BCUT2D eigenvalue weighted by molar-refractivity contribution is 5.88. The number of rotatable bonds is 10. The molecular formula is C31H47N3O7. The minimum Gasteiger partial charge on any atom is -0.480 e. The fourth-order valence-corrected chi connectivity index (χ4v) is 7.01. The molecule has 2 aliphatic heterocycles. The average Bonchev–Trinajstić information content (AvgIpc) is 3.74. The summed E-state index contributed by atoms with van der Waals surface area (Å²) in [5, 5.41) is 28.1. The molecule has 2 heterocycles. The maximum absolute atomic E-state index is 13.0. The first kappa shape index (κ1) is 32.8. The van der Waals surface area contributed by atoms with Crippen molar-refractivity contribution >= 4 is 24.5 Å². The number of carbonyl (C=O) groups is 4. The second-order valence-electron chi connectivity index (χ2n) is 11.6. The van der Waals surface area contributed by atoms with Crippen molar-refractivity contribution in [1.82, 2.24) is 16.0 Å². The quantitative estimate of drug-likeness (QED) is 0.263. The Hall–Kier alpha value is -2.66. The number of esters is 1. The van der Waals surface area contributed by atoms with Gasteiger partial charge in [-0.1, -0.05) is 36.8 Å². The smallest absolute Gasteiger partial charge is 0.323 e. The lowest BCUT2D eigenvalue weighted by Gasteiger charge is -2.26. The van der Waals surface area contributed by atoms with Gasteiger partial charge in [-0.05, 0) is 82.6 Å². The lowest BCUT2D eigenvalue weighted by atomic mass is 9.91. The Morgan fingerprint density at radius 1 is 1.05 bits per heavy atom. The lowest BCUT2D eigenvalue weighted by molar-refractivity contribution is -0.146. The number of carbonyl (C=O) groups excluding carboxylic acids is 3. The zero-order valence-corrected chi connectivity index (χ0v) is 24.3. The number of ether oxygens (including phenoxy) is 1. The molecule has 0 bridgehead atoms. The predicted molar refractivity (Wildman–Crippen MR) is 154 cm³/mol.